The van der Waals surface area contributed by atoms with Crippen LogP contribution in [-0.2, 0) is 0 Å². The highest BCUT2D eigenvalue weighted by Crippen LogP contribution is 2.40. The lowest BCUT2D eigenvalue weighted by molar-refractivity contribution is 0.160. The minimum absolute atomic E-state index is 0.286. The van der Waals surface area contributed by atoms with Crippen molar-refractivity contribution in [2.24, 2.45) is 5.73 Å². The molecule has 0 saturated carbocycles. The van der Waals surface area contributed by atoms with Crippen LogP contribution in [0.5, 0.6) is 5.75 Å². The zero-order valence-corrected chi connectivity index (χ0v) is 11.2. The van der Waals surface area contributed by atoms with Crippen molar-refractivity contribution in [2.45, 2.75) is 18.6 Å². The van der Waals surface area contributed by atoms with Crippen molar-refractivity contribution in [2.75, 3.05) is 0 Å². The van der Waals surface area contributed by atoms with Gasteiger partial charge >= 0.3 is 0 Å². The first-order chi connectivity index (χ1) is 9.52. The van der Waals surface area contributed by atoms with Crippen molar-refractivity contribution in [3.63, 3.8) is 0 Å². The first-order valence-corrected chi connectivity index (χ1v) is 6.58. The fourth-order valence-corrected chi connectivity index (χ4v) is 2.67. The second-order valence-electron chi connectivity index (χ2n) is 4.83. The Morgan fingerprint density at radius 2 is 1.90 bits per heavy atom. The summed E-state index contributed by atoms with van der Waals surface area (Å²) in [5, 5.41) is 0.294. The van der Waals surface area contributed by atoms with Crippen LogP contribution < -0.4 is 10.5 Å². The number of rotatable bonds is 1. The van der Waals surface area contributed by atoms with Gasteiger partial charge in [-0.15, -0.1) is 0 Å². The molecule has 1 aliphatic heterocycles. The highest BCUT2D eigenvalue weighted by Gasteiger charge is 2.27. The Kier molecular flexibility index (Phi) is 3.36. The number of hydrogen-bond acceptors (Lipinski definition) is 2. The summed E-state index contributed by atoms with van der Waals surface area (Å²) in [6.07, 6.45) is 0.0470. The van der Waals surface area contributed by atoms with Gasteiger partial charge in [0.15, 0.2) is 0 Å². The molecule has 5 heteroatoms. The summed E-state index contributed by atoms with van der Waals surface area (Å²) in [5.41, 5.74) is 7.42. The maximum atomic E-state index is 13.4. The van der Waals surface area contributed by atoms with Crippen LogP contribution in [0.1, 0.15) is 29.7 Å². The molecule has 2 nitrogen and oxygen atoms in total. The van der Waals surface area contributed by atoms with Crippen LogP contribution in [0.4, 0.5) is 8.78 Å². The van der Waals surface area contributed by atoms with Crippen LogP contribution in [0.3, 0.4) is 0 Å². The number of nitrogens with two attached hydrogens (primary N) is 1. The van der Waals surface area contributed by atoms with Gasteiger partial charge in [0.2, 0.25) is 0 Å². The van der Waals surface area contributed by atoms with E-state index in [4.69, 9.17) is 22.1 Å². The molecule has 2 N–H and O–H groups in total. The number of ether oxygens (including phenoxy) is 1. The molecule has 0 saturated heterocycles. The molecule has 3 rings (SSSR count). The summed E-state index contributed by atoms with van der Waals surface area (Å²) in [4.78, 5) is 0. The first-order valence-electron chi connectivity index (χ1n) is 6.20. The van der Waals surface area contributed by atoms with E-state index >= 15 is 0 Å². The van der Waals surface area contributed by atoms with Gasteiger partial charge in [-0.05, 0) is 29.8 Å². The second kappa shape index (κ2) is 5.04. The zero-order valence-electron chi connectivity index (χ0n) is 10.4. The molecular weight excluding hydrogens is 284 g/mol. The Morgan fingerprint density at radius 3 is 2.65 bits per heavy atom. The zero-order chi connectivity index (χ0) is 14.3. The van der Waals surface area contributed by atoms with Crippen molar-refractivity contribution in [1.29, 1.82) is 0 Å². The van der Waals surface area contributed by atoms with Gasteiger partial charge in [0.1, 0.15) is 23.5 Å². The summed E-state index contributed by atoms with van der Waals surface area (Å²) in [6, 6.07) is 8.18. The van der Waals surface area contributed by atoms with Gasteiger partial charge in [-0.1, -0.05) is 17.7 Å². The van der Waals surface area contributed by atoms with E-state index in [9.17, 15) is 8.78 Å². The maximum Gasteiger partial charge on any atom is 0.127 e. The predicted molar refractivity (Wildman–Crippen MR) is 72.7 cm³/mol. The molecule has 0 aromatic heterocycles. The molecule has 20 heavy (non-hydrogen) atoms. The quantitative estimate of drug-likeness (QED) is 0.858. The number of halogens is 3. The van der Waals surface area contributed by atoms with Crippen LogP contribution in [0.2, 0.25) is 5.02 Å². The van der Waals surface area contributed by atoms with Crippen LogP contribution in [0.15, 0.2) is 36.4 Å². The van der Waals surface area contributed by atoms with Crippen molar-refractivity contribution < 1.29 is 13.5 Å². The smallest absolute Gasteiger partial charge is 0.127 e. The second-order valence-corrected chi connectivity index (χ2v) is 5.27. The fraction of sp³-hybridized carbons (Fsp3) is 0.200. The van der Waals surface area contributed by atoms with E-state index in [2.05, 4.69) is 0 Å². The summed E-state index contributed by atoms with van der Waals surface area (Å²) in [7, 11) is 0. The van der Waals surface area contributed by atoms with Crippen molar-refractivity contribution in [1.82, 2.24) is 0 Å². The van der Waals surface area contributed by atoms with Gasteiger partial charge in [0.05, 0.1) is 0 Å². The lowest BCUT2D eigenvalue weighted by Crippen LogP contribution is -2.24. The van der Waals surface area contributed by atoms with Gasteiger partial charge in [-0.25, -0.2) is 8.78 Å². The van der Waals surface area contributed by atoms with Crippen molar-refractivity contribution >= 4 is 11.6 Å². The van der Waals surface area contributed by atoms with E-state index in [0.717, 1.165) is 5.56 Å². The normalized spacial score (nSPS) is 21.2. The Labute approximate surface area is 120 Å². The van der Waals surface area contributed by atoms with Crippen LogP contribution in [-0.4, -0.2) is 0 Å². The molecular formula is C15H12ClF2NO. The third-order valence-electron chi connectivity index (χ3n) is 3.37. The van der Waals surface area contributed by atoms with Gasteiger partial charge in [0.25, 0.3) is 0 Å². The van der Waals surface area contributed by atoms with E-state index in [1.807, 2.05) is 0 Å². The van der Waals surface area contributed by atoms with Crippen molar-refractivity contribution in [3.8, 4) is 5.75 Å². The summed E-state index contributed by atoms with van der Waals surface area (Å²) < 4.78 is 32.4. The highest BCUT2D eigenvalue weighted by molar-refractivity contribution is 6.30. The predicted octanol–water partition coefficient (Wildman–Crippen LogP) is 4.14. The fourth-order valence-electron chi connectivity index (χ4n) is 2.44. The molecule has 2 unspecified atom stereocenters. The SMILES string of the molecule is NC1CC(c2cc(F)cc(Cl)c2)Oc2cc(F)ccc21. The molecule has 0 spiro atoms. The van der Waals surface area contributed by atoms with Crippen LogP contribution in [0, 0.1) is 11.6 Å². The first kappa shape index (κ1) is 13.3. The summed E-state index contributed by atoms with van der Waals surface area (Å²) >= 11 is 5.84. The Balaban J connectivity index is 1.98. The third-order valence-corrected chi connectivity index (χ3v) is 3.59. The molecule has 0 radical (unpaired) electrons. The van der Waals surface area contributed by atoms with Crippen molar-refractivity contribution in [3.05, 3.63) is 64.2 Å². The minimum atomic E-state index is -0.438. The minimum Gasteiger partial charge on any atom is -0.485 e. The summed E-state index contributed by atoms with van der Waals surface area (Å²) in [5.74, 6) is -0.433. The molecule has 2 atom stereocenters. The molecule has 1 heterocycles. The maximum absolute atomic E-state index is 13.4. The van der Waals surface area contributed by atoms with E-state index in [-0.39, 0.29) is 6.04 Å². The van der Waals surface area contributed by atoms with Crippen LogP contribution in [0.25, 0.3) is 0 Å². The molecule has 104 valence electrons. The Hall–Kier alpha value is -1.65. The lowest BCUT2D eigenvalue weighted by atomic mass is 9.93. The molecule has 0 amide bonds. The largest absolute Gasteiger partial charge is 0.485 e. The molecule has 0 aliphatic carbocycles. The number of fused-ring (bicyclic) bond motifs is 1. The number of hydrogen-bond donors (Lipinski definition) is 1. The van der Waals surface area contributed by atoms with Gasteiger partial charge in [-0.2, -0.15) is 0 Å². The van der Waals surface area contributed by atoms with Crippen LogP contribution >= 0.6 is 11.6 Å². The van der Waals surface area contributed by atoms with E-state index in [0.29, 0.717) is 22.8 Å². The van der Waals surface area contributed by atoms with Gasteiger partial charge in [-0.3, -0.25) is 0 Å². The molecule has 1 aliphatic rings. The van der Waals surface area contributed by atoms with E-state index in [1.165, 1.54) is 24.3 Å². The Bertz CT molecular complexity index is 642. The van der Waals surface area contributed by atoms with E-state index in [1.54, 1.807) is 12.1 Å². The average molecular weight is 296 g/mol. The highest BCUT2D eigenvalue weighted by atomic mass is 35.5. The molecule has 0 fully saturated rings. The number of benzene rings is 2. The van der Waals surface area contributed by atoms with Gasteiger partial charge in [0, 0.05) is 29.1 Å². The standard InChI is InChI=1S/C15H12ClF2NO/c16-9-3-8(4-11(18)5-9)14-7-13(19)12-2-1-10(17)6-15(12)20-14/h1-6,13-14H,7,19H2. The molecule has 0 bridgehead atoms. The Morgan fingerprint density at radius 1 is 1.10 bits per heavy atom. The molecule has 2 aromatic rings. The lowest BCUT2D eigenvalue weighted by Gasteiger charge is -2.30. The van der Waals surface area contributed by atoms with E-state index < -0.39 is 17.7 Å². The summed E-state index contributed by atoms with van der Waals surface area (Å²) in [6.45, 7) is 0. The third kappa shape index (κ3) is 2.49. The topological polar surface area (TPSA) is 35.2 Å². The monoisotopic (exact) mass is 295 g/mol. The van der Waals surface area contributed by atoms with Gasteiger partial charge < -0.3 is 10.5 Å². The average Bonchev–Trinajstić information content (AvgIpc) is 2.36. The molecule has 2 aromatic carbocycles.